The third-order valence-electron chi connectivity index (χ3n) is 4.63. The molecule has 0 fully saturated rings. The molecular formula is C25H22O8S. The van der Waals surface area contributed by atoms with Crippen LogP contribution in [0, 0.1) is 6.92 Å². The van der Waals surface area contributed by atoms with Gasteiger partial charge >= 0.3 is 16.1 Å². The highest BCUT2D eigenvalue weighted by atomic mass is 32.2. The number of carboxylic acid groups (broad SMARTS) is 1. The SMILES string of the molecule is COc1cc(C=CC(=O)c2ccc(OCC(=O)O)cc2)ccc1OS(=O)(=O)c1ccc(C)cc1. The summed E-state index contributed by atoms with van der Waals surface area (Å²) in [5, 5.41) is 8.63. The van der Waals surface area contributed by atoms with E-state index in [1.165, 1.54) is 55.7 Å². The summed E-state index contributed by atoms with van der Waals surface area (Å²) in [6, 6.07) is 16.9. The predicted octanol–water partition coefficient (Wildman–Crippen LogP) is 4.13. The van der Waals surface area contributed by atoms with Crippen LogP contribution in [0.5, 0.6) is 17.2 Å². The fraction of sp³-hybridized carbons (Fsp3) is 0.120. The van der Waals surface area contributed by atoms with Gasteiger partial charge in [-0.1, -0.05) is 29.8 Å². The molecule has 0 spiro atoms. The van der Waals surface area contributed by atoms with E-state index in [0.29, 0.717) is 16.9 Å². The number of methoxy groups -OCH3 is 1. The molecule has 0 unspecified atom stereocenters. The lowest BCUT2D eigenvalue weighted by atomic mass is 10.1. The van der Waals surface area contributed by atoms with Crippen LogP contribution in [0.3, 0.4) is 0 Å². The van der Waals surface area contributed by atoms with Crippen molar-refractivity contribution in [2.45, 2.75) is 11.8 Å². The molecule has 0 aliphatic rings. The zero-order valence-electron chi connectivity index (χ0n) is 18.4. The van der Waals surface area contributed by atoms with Gasteiger partial charge in [0, 0.05) is 5.56 Å². The molecule has 0 radical (unpaired) electrons. The minimum atomic E-state index is -4.04. The second-order valence-electron chi connectivity index (χ2n) is 7.17. The Morgan fingerprint density at radius 3 is 2.24 bits per heavy atom. The van der Waals surface area contributed by atoms with Gasteiger partial charge in [-0.25, -0.2) is 4.79 Å². The highest BCUT2D eigenvalue weighted by Crippen LogP contribution is 2.31. The number of benzene rings is 3. The number of hydrogen-bond donors (Lipinski definition) is 1. The van der Waals surface area contributed by atoms with Crippen LogP contribution in [0.1, 0.15) is 21.5 Å². The molecule has 0 aromatic heterocycles. The van der Waals surface area contributed by atoms with Gasteiger partial charge in [0.1, 0.15) is 10.6 Å². The number of aliphatic carboxylic acids is 1. The summed E-state index contributed by atoms with van der Waals surface area (Å²) in [6.07, 6.45) is 2.91. The Morgan fingerprint density at radius 1 is 0.941 bits per heavy atom. The van der Waals surface area contributed by atoms with E-state index in [4.69, 9.17) is 18.8 Å². The second-order valence-corrected chi connectivity index (χ2v) is 8.71. The van der Waals surface area contributed by atoms with Crippen molar-refractivity contribution < 1.29 is 36.8 Å². The molecule has 0 amide bonds. The van der Waals surface area contributed by atoms with Crippen molar-refractivity contribution in [2.75, 3.05) is 13.7 Å². The average Bonchev–Trinajstić information content (AvgIpc) is 2.82. The van der Waals surface area contributed by atoms with Gasteiger partial charge in [0.2, 0.25) is 0 Å². The standard InChI is InChI=1S/C25H22O8S/c1-17-3-11-21(12-4-17)34(29,30)33-23-14-6-18(15-24(23)31-2)5-13-22(26)19-7-9-20(10-8-19)32-16-25(27)28/h3-15H,16H2,1-2H3,(H,27,28). The molecule has 0 aliphatic carbocycles. The first-order valence-electron chi connectivity index (χ1n) is 10.0. The third kappa shape index (κ3) is 6.46. The Labute approximate surface area is 197 Å². The van der Waals surface area contributed by atoms with Gasteiger partial charge in [-0.05, 0) is 67.1 Å². The molecule has 0 aliphatic heterocycles. The van der Waals surface area contributed by atoms with E-state index in [1.54, 1.807) is 30.3 Å². The van der Waals surface area contributed by atoms with Gasteiger partial charge in [0.05, 0.1) is 7.11 Å². The Kier molecular flexibility index (Phi) is 7.70. The van der Waals surface area contributed by atoms with E-state index in [0.717, 1.165) is 5.56 Å². The van der Waals surface area contributed by atoms with E-state index in [-0.39, 0.29) is 22.2 Å². The molecular weight excluding hydrogens is 460 g/mol. The monoisotopic (exact) mass is 482 g/mol. The van der Waals surface area contributed by atoms with Crippen LogP contribution in [0.2, 0.25) is 0 Å². The maximum absolute atomic E-state index is 12.6. The van der Waals surface area contributed by atoms with Crippen molar-refractivity contribution in [1.29, 1.82) is 0 Å². The summed E-state index contributed by atoms with van der Waals surface area (Å²) in [5.41, 5.74) is 1.89. The summed E-state index contributed by atoms with van der Waals surface area (Å²) < 4.78 is 40.7. The number of rotatable bonds is 10. The summed E-state index contributed by atoms with van der Waals surface area (Å²) in [7, 11) is -2.66. The van der Waals surface area contributed by atoms with Crippen molar-refractivity contribution >= 4 is 27.9 Å². The van der Waals surface area contributed by atoms with Gasteiger partial charge in [-0.15, -0.1) is 0 Å². The van der Waals surface area contributed by atoms with Gasteiger partial charge in [0.15, 0.2) is 23.9 Å². The Hall–Kier alpha value is -4.11. The van der Waals surface area contributed by atoms with E-state index in [2.05, 4.69) is 0 Å². The molecule has 176 valence electrons. The Bertz CT molecular complexity index is 1310. The Morgan fingerprint density at radius 2 is 1.62 bits per heavy atom. The topological polar surface area (TPSA) is 116 Å². The number of carbonyl (C=O) groups is 2. The number of allylic oxidation sites excluding steroid dienone is 1. The van der Waals surface area contributed by atoms with Crippen molar-refractivity contribution in [3.63, 3.8) is 0 Å². The molecule has 3 aromatic rings. The van der Waals surface area contributed by atoms with Crippen molar-refractivity contribution in [3.8, 4) is 17.2 Å². The number of ketones is 1. The van der Waals surface area contributed by atoms with Crippen LogP contribution >= 0.6 is 0 Å². The van der Waals surface area contributed by atoms with Crippen LogP contribution in [0.4, 0.5) is 0 Å². The fourth-order valence-corrected chi connectivity index (χ4v) is 3.80. The van der Waals surface area contributed by atoms with Crippen LogP contribution in [-0.4, -0.2) is 39.0 Å². The first-order valence-corrected chi connectivity index (χ1v) is 11.4. The van der Waals surface area contributed by atoms with Crippen LogP contribution < -0.4 is 13.7 Å². The summed E-state index contributed by atoms with van der Waals surface area (Å²) in [6.45, 7) is 1.38. The number of carboxylic acids is 1. The molecule has 3 rings (SSSR count). The van der Waals surface area contributed by atoms with Gasteiger partial charge in [-0.2, -0.15) is 8.42 Å². The molecule has 8 nitrogen and oxygen atoms in total. The van der Waals surface area contributed by atoms with Crippen LogP contribution in [0.25, 0.3) is 6.08 Å². The normalized spacial score (nSPS) is 11.2. The second kappa shape index (κ2) is 10.7. The first kappa shape index (κ1) is 24.5. The number of aryl methyl sites for hydroxylation is 1. The maximum Gasteiger partial charge on any atom is 0.341 e. The van der Waals surface area contributed by atoms with Crippen molar-refractivity contribution in [2.24, 2.45) is 0 Å². The third-order valence-corrected chi connectivity index (χ3v) is 5.87. The lowest BCUT2D eigenvalue weighted by Gasteiger charge is -2.11. The molecule has 0 heterocycles. The quantitative estimate of drug-likeness (QED) is 0.260. The molecule has 1 N–H and O–H groups in total. The molecule has 0 bridgehead atoms. The lowest BCUT2D eigenvalue weighted by Crippen LogP contribution is -2.10. The highest BCUT2D eigenvalue weighted by molar-refractivity contribution is 7.87. The van der Waals surface area contributed by atoms with Gasteiger partial charge in [-0.3, -0.25) is 4.79 Å². The molecule has 9 heteroatoms. The highest BCUT2D eigenvalue weighted by Gasteiger charge is 2.19. The zero-order valence-corrected chi connectivity index (χ0v) is 19.2. The predicted molar refractivity (Wildman–Crippen MR) is 125 cm³/mol. The molecule has 3 aromatic carbocycles. The fourth-order valence-electron chi connectivity index (χ4n) is 2.86. The van der Waals surface area contributed by atoms with E-state index >= 15 is 0 Å². The summed E-state index contributed by atoms with van der Waals surface area (Å²) in [4.78, 5) is 23.0. The van der Waals surface area contributed by atoms with Crippen LogP contribution in [0.15, 0.2) is 77.7 Å². The largest absolute Gasteiger partial charge is 0.493 e. The molecule has 0 atom stereocenters. The smallest absolute Gasteiger partial charge is 0.341 e. The van der Waals surface area contributed by atoms with Crippen LogP contribution in [-0.2, 0) is 14.9 Å². The van der Waals surface area contributed by atoms with E-state index in [9.17, 15) is 18.0 Å². The Balaban J connectivity index is 1.72. The molecule has 34 heavy (non-hydrogen) atoms. The number of carbonyl (C=O) groups excluding carboxylic acids is 1. The number of ether oxygens (including phenoxy) is 2. The molecule has 0 saturated heterocycles. The van der Waals surface area contributed by atoms with E-state index < -0.39 is 22.7 Å². The minimum Gasteiger partial charge on any atom is -0.493 e. The zero-order chi connectivity index (χ0) is 24.7. The number of hydrogen-bond acceptors (Lipinski definition) is 7. The average molecular weight is 483 g/mol. The van der Waals surface area contributed by atoms with Gasteiger partial charge < -0.3 is 18.8 Å². The van der Waals surface area contributed by atoms with Gasteiger partial charge in [0.25, 0.3) is 0 Å². The summed E-state index contributed by atoms with van der Waals surface area (Å²) >= 11 is 0. The lowest BCUT2D eigenvalue weighted by molar-refractivity contribution is -0.139. The first-order chi connectivity index (χ1) is 16.2. The summed E-state index contributed by atoms with van der Waals surface area (Å²) in [5.74, 6) is -0.841. The van der Waals surface area contributed by atoms with Crippen molar-refractivity contribution in [3.05, 3.63) is 89.5 Å². The minimum absolute atomic E-state index is 0.0171. The maximum atomic E-state index is 12.6. The van der Waals surface area contributed by atoms with Crippen molar-refractivity contribution in [1.82, 2.24) is 0 Å². The molecule has 0 saturated carbocycles. The van der Waals surface area contributed by atoms with E-state index in [1.807, 2.05) is 6.92 Å².